The Bertz CT molecular complexity index is 1350. The quantitative estimate of drug-likeness (QED) is 0.263. The highest BCUT2D eigenvalue weighted by Gasteiger charge is 2.62. The molecule has 1 spiro atoms. The first-order valence-electron chi connectivity index (χ1n) is 12.0. The summed E-state index contributed by atoms with van der Waals surface area (Å²) in [5, 5.41) is 42.6. The van der Waals surface area contributed by atoms with Gasteiger partial charge in [0.1, 0.15) is 35.9 Å². The highest BCUT2D eigenvalue weighted by Crippen LogP contribution is 2.43. The van der Waals surface area contributed by atoms with Crippen LogP contribution in [0, 0.1) is 23.3 Å². The third kappa shape index (κ3) is 5.01. The number of carbonyl (C=O) groups is 1. The number of aliphatic hydroxyl groups excluding tert-OH is 3. The molecular weight excluding hydrogens is 528 g/mol. The second-order valence-electron chi connectivity index (χ2n) is 9.39. The first-order valence-corrected chi connectivity index (χ1v) is 12.0. The van der Waals surface area contributed by atoms with E-state index in [9.17, 15) is 37.7 Å². The number of nitrogens with zero attached hydrogens (tertiary/aromatic N) is 3. The van der Waals surface area contributed by atoms with Crippen LogP contribution in [0.4, 0.5) is 17.6 Å². The molecule has 2 fully saturated rings. The summed E-state index contributed by atoms with van der Waals surface area (Å²) in [6.07, 6.45) is -3.35. The smallest absolute Gasteiger partial charge is 0.224 e. The summed E-state index contributed by atoms with van der Waals surface area (Å²) in [5.74, 6) is -7.49. The van der Waals surface area contributed by atoms with Crippen molar-refractivity contribution in [2.24, 2.45) is 0 Å². The Kier molecular flexibility index (Phi) is 7.39. The average molecular weight is 552 g/mol. The topological polar surface area (TPSA) is 139 Å². The number of amides is 1. The van der Waals surface area contributed by atoms with Gasteiger partial charge in [0, 0.05) is 5.56 Å². The van der Waals surface area contributed by atoms with E-state index in [4.69, 9.17) is 9.47 Å². The van der Waals surface area contributed by atoms with Crippen molar-refractivity contribution in [1.82, 2.24) is 20.3 Å². The van der Waals surface area contributed by atoms with E-state index in [1.165, 1.54) is 24.4 Å². The summed E-state index contributed by atoms with van der Waals surface area (Å²) in [6, 6.07) is 4.62. The number of aromatic nitrogens is 3. The molecule has 3 heterocycles. The third-order valence-electron chi connectivity index (χ3n) is 6.89. The number of nitrogens with one attached hydrogen (secondary N) is 1. The zero-order valence-electron chi connectivity index (χ0n) is 20.2. The molecule has 0 radical (unpaired) electrons. The van der Waals surface area contributed by atoms with Gasteiger partial charge in [0.15, 0.2) is 17.5 Å². The second-order valence-corrected chi connectivity index (χ2v) is 9.39. The summed E-state index contributed by atoms with van der Waals surface area (Å²) >= 11 is 0. The first-order chi connectivity index (χ1) is 18.6. The van der Waals surface area contributed by atoms with Gasteiger partial charge in [-0.1, -0.05) is 17.3 Å². The Morgan fingerprint density at radius 1 is 1.15 bits per heavy atom. The highest BCUT2D eigenvalue weighted by molar-refractivity contribution is 5.79. The van der Waals surface area contributed by atoms with E-state index in [0.717, 1.165) is 4.68 Å². The van der Waals surface area contributed by atoms with Crippen molar-refractivity contribution in [2.75, 3.05) is 13.2 Å². The van der Waals surface area contributed by atoms with Crippen molar-refractivity contribution in [3.63, 3.8) is 0 Å². The van der Waals surface area contributed by atoms with Crippen molar-refractivity contribution in [3.05, 3.63) is 71.4 Å². The molecule has 2 aromatic carbocycles. The number of hydrogen-bond acceptors (Lipinski definition) is 8. The zero-order chi connectivity index (χ0) is 27.9. The molecule has 5 rings (SSSR count). The van der Waals surface area contributed by atoms with Crippen molar-refractivity contribution >= 4 is 5.91 Å². The highest BCUT2D eigenvalue weighted by atomic mass is 19.2. The Balaban J connectivity index is 1.42. The van der Waals surface area contributed by atoms with Crippen LogP contribution < -0.4 is 5.32 Å². The number of halogens is 4. The van der Waals surface area contributed by atoms with Crippen LogP contribution in [-0.4, -0.2) is 79.6 Å². The summed E-state index contributed by atoms with van der Waals surface area (Å²) in [4.78, 5) is 12.8. The van der Waals surface area contributed by atoms with E-state index < -0.39 is 72.0 Å². The number of rotatable bonds is 6. The van der Waals surface area contributed by atoms with Gasteiger partial charge in [0.05, 0.1) is 31.9 Å². The Morgan fingerprint density at radius 3 is 2.59 bits per heavy atom. The van der Waals surface area contributed by atoms with E-state index in [-0.39, 0.29) is 30.7 Å². The van der Waals surface area contributed by atoms with Crippen LogP contribution in [0.15, 0.2) is 42.6 Å². The fourth-order valence-electron chi connectivity index (χ4n) is 5.02. The molecule has 2 aliphatic heterocycles. The lowest BCUT2D eigenvalue weighted by atomic mass is 9.86. The molecule has 3 aromatic rings. The SMILES string of the molecule is O=C(Cc1cccc(F)c1)N[C@@H]1CCO[C@]12O[C@H](CO)[C@H](O)[C@H](n1cc(-c3cc(F)c(F)c(F)c3)nn1)[C@H]2O. The molecule has 2 aliphatic rings. The molecular formula is C25H24F4N4O6. The van der Waals surface area contributed by atoms with Gasteiger partial charge in [-0.25, -0.2) is 22.2 Å². The molecule has 0 bridgehead atoms. The zero-order valence-corrected chi connectivity index (χ0v) is 20.2. The van der Waals surface area contributed by atoms with Crippen LogP contribution >= 0.6 is 0 Å². The maximum absolute atomic E-state index is 13.7. The molecule has 0 aliphatic carbocycles. The summed E-state index contributed by atoms with van der Waals surface area (Å²) in [7, 11) is 0. The van der Waals surface area contributed by atoms with Crippen LogP contribution in [-0.2, 0) is 20.7 Å². The lowest BCUT2D eigenvalue weighted by molar-refractivity contribution is -0.345. The minimum atomic E-state index is -1.92. The monoisotopic (exact) mass is 552 g/mol. The van der Waals surface area contributed by atoms with E-state index >= 15 is 0 Å². The molecule has 6 atom stereocenters. The van der Waals surface area contributed by atoms with Gasteiger partial charge < -0.3 is 30.1 Å². The summed E-state index contributed by atoms with van der Waals surface area (Å²) in [5.41, 5.74) is 0.165. The third-order valence-corrected chi connectivity index (χ3v) is 6.89. The lowest BCUT2D eigenvalue weighted by Crippen LogP contribution is -2.69. The van der Waals surface area contributed by atoms with Crippen LogP contribution in [0.1, 0.15) is 18.0 Å². The molecule has 4 N–H and O–H groups in total. The van der Waals surface area contributed by atoms with Gasteiger partial charge >= 0.3 is 0 Å². The number of aliphatic hydroxyl groups is 3. The fourth-order valence-corrected chi connectivity index (χ4v) is 5.02. The van der Waals surface area contributed by atoms with Crippen LogP contribution in [0.3, 0.4) is 0 Å². The lowest BCUT2D eigenvalue weighted by Gasteiger charge is -2.49. The van der Waals surface area contributed by atoms with Gasteiger partial charge in [-0.05, 0) is 36.2 Å². The summed E-state index contributed by atoms with van der Waals surface area (Å²) in [6.45, 7) is -0.658. The summed E-state index contributed by atoms with van der Waals surface area (Å²) < 4.78 is 67.0. The number of carbonyl (C=O) groups excluding carboxylic acids is 1. The van der Waals surface area contributed by atoms with Crippen molar-refractivity contribution in [2.45, 2.75) is 49.0 Å². The Hall–Kier alpha value is -3.43. The van der Waals surface area contributed by atoms with Gasteiger partial charge in [0.2, 0.25) is 11.7 Å². The van der Waals surface area contributed by atoms with Gasteiger partial charge in [-0.15, -0.1) is 5.10 Å². The normalized spacial score (nSPS) is 28.6. The van der Waals surface area contributed by atoms with E-state index in [1.54, 1.807) is 6.07 Å². The molecule has 14 heteroatoms. The standard InChI is InChI=1S/C25H24F4N4O6/c26-14-3-1-2-12(6-14)7-20(35)30-19-4-5-38-25(19)24(37)22(23(36)18(11-34)39-25)33-10-17(31-32-33)13-8-15(27)21(29)16(28)9-13/h1-3,6,8-10,18-19,22-24,34,36-37H,4-5,7,11H2,(H,30,35)/t18-,19-,22+,23+,24-,25+/m1/s1. The maximum atomic E-state index is 13.7. The second kappa shape index (κ2) is 10.6. The van der Waals surface area contributed by atoms with E-state index in [1.807, 2.05) is 0 Å². The first kappa shape index (κ1) is 27.1. The minimum absolute atomic E-state index is 0.0413. The predicted octanol–water partition coefficient (Wildman–Crippen LogP) is 1.000. The number of ether oxygens (including phenoxy) is 2. The molecule has 0 unspecified atom stereocenters. The van der Waals surface area contributed by atoms with Crippen LogP contribution in [0.5, 0.6) is 0 Å². The van der Waals surface area contributed by atoms with Crippen molar-refractivity contribution in [1.29, 1.82) is 0 Å². The van der Waals surface area contributed by atoms with Crippen LogP contribution in [0.25, 0.3) is 11.3 Å². The van der Waals surface area contributed by atoms with Gasteiger partial charge in [-0.3, -0.25) is 4.79 Å². The van der Waals surface area contributed by atoms with Crippen LogP contribution in [0.2, 0.25) is 0 Å². The maximum Gasteiger partial charge on any atom is 0.224 e. The van der Waals surface area contributed by atoms with Gasteiger partial charge in [0.25, 0.3) is 0 Å². The number of benzene rings is 2. The van der Waals surface area contributed by atoms with E-state index in [0.29, 0.717) is 17.7 Å². The molecule has 39 heavy (non-hydrogen) atoms. The molecule has 2 saturated heterocycles. The Labute approximate surface area is 218 Å². The molecule has 0 saturated carbocycles. The Morgan fingerprint density at radius 2 is 1.90 bits per heavy atom. The van der Waals surface area contributed by atoms with Crippen molar-refractivity contribution < 1.29 is 47.1 Å². The molecule has 10 nitrogen and oxygen atoms in total. The van der Waals surface area contributed by atoms with Gasteiger partial charge in [-0.2, -0.15) is 0 Å². The largest absolute Gasteiger partial charge is 0.394 e. The molecule has 1 amide bonds. The fraction of sp³-hybridized carbons (Fsp3) is 0.400. The van der Waals surface area contributed by atoms with E-state index in [2.05, 4.69) is 15.6 Å². The van der Waals surface area contributed by atoms with Crippen molar-refractivity contribution in [3.8, 4) is 11.3 Å². The molecule has 208 valence electrons. The average Bonchev–Trinajstić information content (AvgIpc) is 3.53. The number of hydrogen-bond donors (Lipinski definition) is 4. The minimum Gasteiger partial charge on any atom is -0.394 e. The molecule has 1 aromatic heterocycles. The predicted molar refractivity (Wildman–Crippen MR) is 124 cm³/mol.